The van der Waals surface area contributed by atoms with Crippen LogP contribution in [0.15, 0.2) is 49.1 Å². The third-order valence-corrected chi connectivity index (χ3v) is 5.22. The molecule has 1 N–H and O–H groups in total. The first kappa shape index (κ1) is 15.4. The number of imidazole rings is 1. The molecule has 0 saturated heterocycles. The topological polar surface area (TPSA) is 85.2 Å². The Kier molecular flexibility index (Phi) is 3.14. The van der Waals surface area contributed by atoms with Crippen LogP contribution in [-0.2, 0) is 0 Å². The van der Waals surface area contributed by atoms with Crippen molar-refractivity contribution in [1.29, 1.82) is 0 Å². The van der Waals surface area contributed by atoms with Crippen LogP contribution in [0.5, 0.6) is 0 Å². The molecule has 0 radical (unpaired) electrons. The van der Waals surface area contributed by atoms with Crippen molar-refractivity contribution < 1.29 is 0 Å². The van der Waals surface area contributed by atoms with E-state index in [1.807, 2.05) is 43.6 Å². The number of hydrogen-bond donors (Lipinski definition) is 1. The summed E-state index contributed by atoms with van der Waals surface area (Å²) in [6, 6.07) is 10.0. The molecule has 1 saturated carbocycles. The van der Waals surface area contributed by atoms with Crippen LogP contribution in [0.3, 0.4) is 0 Å². The maximum atomic E-state index is 4.86. The Morgan fingerprint density at radius 2 is 1.96 bits per heavy atom. The van der Waals surface area contributed by atoms with E-state index < -0.39 is 0 Å². The quantitative estimate of drug-likeness (QED) is 0.522. The lowest BCUT2D eigenvalue weighted by atomic mass is 10.2. The Morgan fingerprint density at radius 1 is 1.04 bits per heavy atom. The van der Waals surface area contributed by atoms with E-state index in [1.54, 1.807) is 6.33 Å². The molecule has 0 bridgehead atoms. The normalized spacial score (nSPS) is 14.2. The highest BCUT2D eigenvalue weighted by atomic mass is 15.1. The largest absolute Gasteiger partial charge is 0.340 e. The van der Waals surface area contributed by atoms with Gasteiger partial charge in [0.05, 0.1) is 17.5 Å². The third kappa shape index (κ3) is 2.32. The number of nitrogens with zero attached hydrogens (tertiary/aromatic N) is 6. The molecule has 0 atom stereocenters. The van der Waals surface area contributed by atoms with Gasteiger partial charge >= 0.3 is 0 Å². The number of pyridine rings is 2. The second-order valence-corrected chi connectivity index (χ2v) is 7.23. The summed E-state index contributed by atoms with van der Waals surface area (Å²) >= 11 is 0. The van der Waals surface area contributed by atoms with E-state index in [1.165, 1.54) is 23.9 Å². The van der Waals surface area contributed by atoms with E-state index in [9.17, 15) is 0 Å². The summed E-state index contributed by atoms with van der Waals surface area (Å²) in [6.45, 7) is 1.96. The van der Waals surface area contributed by atoms with E-state index >= 15 is 0 Å². The number of aryl methyl sites for hydroxylation is 1. The number of aromatic nitrogens is 7. The first-order chi connectivity index (χ1) is 13.8. The van der Waals surface area contributed by atoms with Crippen molar-refractivity contribution in [3.8, 4) is 17.3 Å². The third-order valence-electron chi connectivity index (χ3n) is 5.22. The highest BCUT2D eigenvalue weighted by molar-refractivity contribution is 5.88. The highest BCUT2D eigenvalue weighted by Gasteiger charge is 2.27. The smallest absolute Gasteiger partial charge is 0.183 e. The second-order valence-electron chi connectivity index (χ2n) is 7.23. The molecule has 7 nitrogen and oxygen atoms in total. The summed E-state index contributed by atoms with van der Waals surface area (Å²) in [5.74, 6) is 1.92. The molecule has 0 aromatic carbocycles. The maximum absolute atomic E-state index is 4.86. The van der Waals surface area contributed by atoms with Crippen molar-refractivity contribution >= 4 is 22.1 Å². The van der Waals surface area contributed by atoms with E-state index in [2.05, 4.69) is 35.6 Å². The lowest BCUT2D eigenvalue weighted by molar-refractivity contribution is 1.02. The average Bonchev–Trinajstić information content (AvgIpc) is 3.29. The molecule has 1 aliphatic carbocycles. The van der Waals surface area contributed by atoms with Crippen molar-refractivity contribution in [3.05, 3.63) is 60.4 Å². The van der Waals surface area contributed by atoms with Gasteiger partial charge in [-0.05, 0) is 44.0 Å². The molecule has 0 unspecified atom stereocenters. The fourth-order valence-electron chi connectivity index (χ4n) is 3.73. The van der Waals surface area contributed by atoms with Crippen molar-refractivity contribution in [2.24, 2.45) is 0 Å². The molecule has 28 heavy (non-hydrogen) atoms. The Bertz CT molecular complexity index is 1340. The first-order valence-electron chi connectivity index (χ1n) is 9.39. The van der Waals surface area contributed by atoms with E-state index in [0.717, 1.165) is 28.2 Å². The molecule has 0 aliphatic heterocycles. The Labute approximate surface area is 160 Å². The highest BCUT2D eigenvalue weighted by Crippen LogP contribution is 2.42. The molecule has 0 amide bonds. The fourth-order valence-corrected chi connectivity index (χ4v) is 3.73. The van der Waals surface area contributed by atoms with Gasteiger partial charge in [0.1, 0.15) is 11.2 Å². The van der Waals surface area contributed by atoms with Crippen LogP contribution in [0.2, 0.25) is 0 Å². The van der Waals surface area contributed by atoms with Crippen LogP contribution in [0.25, 0.3) is 39.4 Å². The van der Waals surface area contributed by atoms with Crippen LogP contribution < -0.4 is 0 Å². The summed E-state index contributed by atoms with van der Waals surface area (Å²) in [6.07, 6.45) is 8.03. The van der Waals surface area contributed by atoms with Gasteiger partial charge in [-0.15, -0.1) is 0 Å². The van der Waals surface area contributed by atoms with Crippen molar-refractivity contribution in [3.63, 3.8) is 0 Å². The summed E-state index contributed by atoms with van der Waals surface area (Å²) in [5, 5.41) is 1.19. The van der Waals surface area contributed by atoms with Crippen LogP contribution in [0.4, 0.5) is 0 Å². The van der Waals surface area contributed by atoms with Gasteiger partial charge in [-0.1, -0.05) is 6.07 Å². The second kappa shape index (κ2) is 5.69. The lowest BCUT2D eigenvalue weighted by Gasteiger charge is -2.09. The van der Waals surface area contributed by atoms with Crippen LogP contribution in [0, 0.1) is 6.92 Å². The molecular formula is C21H17N7. The number of hydrogen-bond acceptors (Lipinski definition) is 5. The predicted octanol–water partition coefficient (Wildman–Crippen LogP) is 3.94. The molecule has 5 aromatic heterocycles. The zero-order valence-corrected chi connectivity index (χ0v) is 15.3. The SMILES string of the molecule is Cc1cccc(-c2nc(-n3ccc4c(C5CC5)nccc43)c3[nH]cnc3n2)n1. The minimum atomic E-state index is 0.566. The molecule has 5 heterocycles. The summed E-state index contributed by atoms with van der Waals surface area (Å²) in [4.78, 5) is 26.2. The molecule has 7 heteroatoms. The zero-order valence-electron chi connectivity index (χ0n) is 15.3. The van der Waals surface area contributed by atoms with Crippen LogP contribution in [0.1, 0.15) is 30.1 Å². The molecule has 0 spiro atoms. The molecule has 1 aliphatic rings. The monoisotopic (exact) mass is 367 g/mol. The summed E-state index contributed by atoms with van der Waals surface area (Å²) in [5.41, 5.74) is 5.38. The van der Waals surface area contributed by atoms with Gasteiger partial charge in [-0.3, -0.25) is 9.55 Å². The number of fused-ring (bicyclic) bond motifs is 2. The molecule has 136 valence electrons. The zero-order chi connectivity index (χ0) is 18.7. The fraction of sp³-hybridized carbons (Fsp3) is 0.190. The van der Waals surface area contributed by atoms with Crippen molar-refractivity contribution in [2.45, 2.75) is 25.7 Å². The summed E-state index contributed by atoms with van der Waals surface area (Å²) in [7, 11) is 0. The number of aromatic amines is 1. The Hall–Kier alpha value is -3.61. The average molecular weight is 367 g/mol. The van der Waals surface area contributed by atoms with Crippen molar-refractivity contribution in [1.82, 2.24) is 34.5 Å². The van der Waals surface area contributed by atoms with E-state index in [-0.39, 0.29) is 0 Å². The van der Waals surface area contributed by atoms with Gasteiger partial charge in [0.25, 0.3) is 0 Å². The van der Waals surface area contributed by atoms with Crippen molar-refractivity contribution in [2.75, 3.05) is 0 Å². The van der Waals surface area contributed by atoms with Gasteiger partial charge in [0.2, 0.25) is 0 Å². The minimum absolute atomic E-state index is 0.566. The lowest BCUT2D eigenvalue weighted by Crippen LogP contribution is -2.03. The predicted molar refractivity (Wildman–Crippen MR) is 106 cm³/mol. The number of rotatable bonds is 3. The minimum Gasteiger partial charge on any atom is -0.340 e. The van der Waals surface area contributed by atoms with E-state index in [4.69, 9.17) is 4.98 Å². The number of H-pyrrole nitrogens is 1. The van der Waals surface area contributed by atoms with Gasteiger partial charge in [0.15, 0.2) is 17.3 Å². The molecule has 5 aromatic rings. The first-order valence-corrected chi connectivity index (χ1v) is 9.39. The van der Waals surface area contributed by atoms with Gasteiger partial charge in [-0.2, -0.15) is 0 Å². The standard InChI is InChI=1S/C21H17N7/c1-12-3-2-4-15(25-12)19-26-20-18(23-11-24-20)21(27-19)28-10-8-14-16(28)7-9-22-17(14)13-5-6-13/h2-4,7-11,13H,5-6H2,1H3,(H,23,24,26,27). The maximum Gasteiger partial charge on any atom is 0.183 e. The van der Waals surface area contributed by atoms with Crippen LogP contribution in [-0.4, -0.2) is 34.5 Å². The van der Waals surface area contributed by atoms with E-state index in [0.29, 0.717) is 17.4 Å². The molecule has 1 fully saturated rings. The Morgan fingerprint density at radius 3 is 2.82 bits per heavy atom. The molecular weight excluding hydrogens is 350 g/mol. The van der Waals surface area contributed by atoms with Gasteiger partial charge in [-0.25, -0.2) is 19.9 Å². The van der Waals surface area contributed by atoms with Gasteiger partial charge < -0.3 is 4.98 Å². The number of nitrogens with one attached hydrogen (secondary N) is 1. The van der Waals surface area contributed by atoms with Gasteiger partial charge in [0, 0.05) is 29.4 Å². The molecule has 6 rings (SSSR count). The Balaban J connectivity index is 1.61. The van der Waals surface area contributed by atoms with Crippen LogP contribution >= 0.6 is 0 Å². The summed E-state index contributed by atoms with van der Waals surface area (Å²) < 4.78 is 2.09.